The molecule has 1 aromatic carbocycles. The van der Waals surface area contributed by atoms with Gasteiger partial charge in [0.25, 0.3) is 0 Å². The van der Waals surface area contributed by atoms with Crippen molar-refractivity contribution in [3.8, 4) is 0 Å². The van der Waals surface area contributed by atoms with Crippen molar-refractivity contribution in [2.75, 3.05) is 18.5 Å². The summed E-state index contributed by atoms with van der Waals surface area (Å²) in [6.45, 7) is 1.93. The van der Waals surface area contributed by atoms with Gasteiger partial charge in [-0.25, -0.2) is 8.42 Å². The largest absolute Gasteiger partial charge is 0.399 e. The summed E-state index contributed by atoms with van der Waals surface area (Å²) >= 11 is 0. The molecule has 0 bridgehead atoms. The zero-order chi connectivity index (χ0) is 15.0. The van der Waals surface area contributed by atoms with Crippen molar-refractivity contribution in [2.45, 2.75) is 49.9 Å². The lowest BCUT2D eigenvalue weighted by molar-refractivity contribution is 0.142. The van der Waals surface area contributed by atoms with Gasteiger partial charge in [0.15, 0.2) is 0 Å². The summed E-state index contributed by atoms with van der Waals surface area (Å²) in [7, 11) is -2.91. The van der Waals surface area contributed by atoms with Gasteiger partial charge < -0.3 is 5.73 Å². The first-order valence-corrected chi connectivity index (χ1v) is 9.69. The average molecular weight is 308 g/mol. The lowest BCUT2D eigenvalue weighted by Crippen LogP contribution is -2.44. The molecule has 2 N–H and O–H groups in total. The summed E-state index contributed by atoms with van der Waals surface area (Å²) < 4.78 is 23.6. The van der Waals surface area contributed by atoms with Gasteiger partial charge in [-0.3, -0.25) is 4.90 Å². The van der Waals surface area contributed by atoms with E-state index >= 15 is 0 Å². The molecule has 1 heterocycles. The van der Waals surface area contributed by atoms with Crippen molar-refractivity contribution in [1.29, 1.82) is 0 Å². The van der Waals surface area contributed by atoms with Gasteiger partial charge >= 0.3 is 0 Å². The van der Waals surface area contributed by atoms with Crippen molar-refractivity contribution in [2.24, 2.45) is 0 Å². The quantitative estimate of drug-likeness (QED) is 0.849. The lowest BCUT2D eigenvalue weighted by Gasteiger charge is -2.39. The third kappa shape index (κ3) is 3.24. The summed E-state index contributed by atoms with van der Waals surface area (Å²) in [6, 6.07) is 6.56. The summed E-state index contributed by atoms with van der Waals surface area (Å²) in [5, 5.41) is -0.154. The van der Waals surface area contributed by atoms with Crippen LogP contribution in [-0.4, -0.2) is 37.4 Å². The van der Waals surface area contributed by atoms with Crippen LogP contribution in [0, 0.1) is 0 Å². The highest BCUT2D eigenvalue weighted by Crippen LogP contribution is 2.31. The predicted octanol–water partition coefficient (Wildman–Crippen LogP) is 1.98. The Kier molecular flexibility index (Phi) is 3.97. The number of hydrogen-bond donors (Lipinski definition) is 1. The molecule has 1 saturated carbocycles. The van der Waals surface area contributed by atoms with Crippen LogP contribution < -0.4 is 5.73 Å². The van der Waals surface area contributed by atoms with Crippen LogP contribution in [0.15, 0.2) is 18.2 Å². The van der Waals surface area contributed by atoms with E-state index in [2.05, 4.69) is 17.0 Å². The third-order valence-corrected chi connectivity index (χ3v) is 6.63. The minimum absolute atomic E-state index is 0.154. The summed E-state index contributed by atoms with van der Waals surface area (Å²) in [4.78, 5) is 2.46. The molecule has 0 radical (unpaired) electrons. The number of benzene rings is 1. The van der Waals surface area contributed by atoms with Gasteiger partial charge in [-0.1, -0.05) is 12.5 Å². The van der Waals surface area contributed by atoms with Crippen molar-refractivity contribution < 1.29 is 8.42 Å². The molecule has 0 aromatic heterocycles. The van der Waals surface area contributed by atoms with Gasteiger partial charge in [0.1, 0.15) is 9.84 Å². The molecule has 4 nitrogen and oxygen atoms in total. The van der Waals surface area contributed by atoms with Crippen LogP contribution in [0.25, 0.3) is 0 Å². The highest BCUT2D eigenvalue weighted by molar-refractivity contribution is 7.91. The van der Waals surface area contributed by atoms with Crippen LogP contribution in [0.4, 0.5) is 5.69 Å². The van der Waals surface area contributed by atoms with Crippen LogP contribution in [-0.2, 0) is 22.8 Å². The van der Waals surface area contributed by atoms with Crippen LogP contribution in [0.1, 0.15) is 36.8 Å². The summed E-state index contributed by atoms with van der Waals surface area (Å²) in [6.07, 6.45) is 6.16. The highest BCUT2D eigenvalue weighted by atomic mass is 32.2. The zero-order valence-electron chi connectivity index (χ0n) is 12.6. The van der Waals surface area contributed by atoms with E-state index < -0.39 is 9.84 Å². The zero-order valence-corrected chi connectivity index (χ0v) is 13.4. The molecule has 0 spiro atoms. The van der Waals surface area contributed by atoms with Crippen LogP contribution in [0.2, 0.25) is 0 Å². The van der Waals surface area contributed by atoms with Crippen LogP contribution >= 0.6 is 0 Å². The number of nitrogen functional groups attached to an aromatic ring is 1. The smallest absolute Gasteiger partial charge is 0.150 e. The second-order valence-corrected chi connectivity index (χ2v) is 8.85. The van der Waals surface area contributed by atoms with E-state index in [0.717, 1.165) is 50.9 Å². The molecule has 0 saturated heterocycles. The number of sulfone groups is 1. The normalized spacial score (nSPS) is 27.3. The Morgan fingerprint density at radius 3 is 2.81 bits per heavy atom. The first-order valence-electron chi connectivity index (χ1n) is 7.73. The van der Waals surface area contributed by atoms with Gasteiger partial charge in [-0.05, 0) is 48.9 Å². The second kappa shape index (κ2) is 5.61. The lowest BCUT2D eigenvalue weighted by atomic mass is 9.90. The third-order valence-electron chi connectivity index (χ3n) is 4.99. The average Bonchev–Trinajstić information content (AvgIpc) is 2.45. The molecule has 3 rings (SSSR count). The van der Waals surface area contributed by atoms with E-state index in [0.29, 0.717) is 6.04 Å². The molecule has 2 atom stereocenters. The van der Waals surface area contributed by atoms with E-state index in [9.17, 15) is 8.42 Å². The van der Waals surface area contributed by atoms with Crippen LogP contribution in [0.3, 0.4) is 0 Å². The monoisotopic (exact) mass is 308 g/mol. The fraction of sp³-hybridized carbons (Fsp3) is 0.625. The highest BCUT2D eigenvalue weighted by Gasteiger charge is 2.33. The predicted molar refractivity (Wildman–Crippen MR) is 85.9 cm³/mol. The van der Waals surface area contributed by atoms with Crippen molar-refractivity contribution in [3.63, 3.8) is 0 Å². The van der Waals surface area contributed by atoms with Gasteiger partial charge in [0, 0.05) is 31.1 Å². The minimum atomic E-state index is -2.91. The van der Waals surface area contributed by atoms with Gasteiger partial charge in [-0.2, -0.15) is 0 Å². The molecule has 2 unspecified atom stereocenters. The van der Waals surface area contributed by atoms with E-state index in [1.165, 1.54) is 17.4 Å². The maximum Gasteiger partial charge on any atom is 0.150 e. The molecular weight excluding hydrogens is 284 g/mol. The Labute approximate surface area is 127 Å². The number of anilines is 1. The standard InChI is InChI=1S/C16H24N2O2S/c1-21(19,20)16-4-2-3-15(10-16)18-8-7-12-5-6-14(17)9-13(12)11-18/h5-6,9,15-16H,2-4,7-8,10-11,17H2,1H3. The molecule has 21 heavy (non-hydrogen) atoms. The molecule has 5 heteroatoms. The molecule has 1 aliphatic heterocycles. The molecule has 1 fully saturated rings. The van der Waals surface area contributed by atoms with Crippen molar-refractivity contribution in [3.05, 3.63) is 29.3 Å². The maximum absolute atomic E-state index is 11.8. The molecule has 2 aliphatic rings. The van der Waals surface area contributed by atoms with E-state index in [4.69, 9.17) is 5.73 Å². The Hall–Kier alpha value is -1.07. The van der Waals surface area contributed by atoms with Gasteiger partial charge in [0.05, 0.1) is 5.25 Å². The number of rotatable bonds is 2. The SMILES string of the molecule is CS(=O)(=O)C1CCCC(N2CCc3ccc(N)cc3C2)C1. The van der Waals surface area contributed by atoms with Gasteiger partial charge in [-0.15, -0.1) is 0 Å². The van der Waals surface area contributed by atoms with Crippen LogP contribution in [0.5, 0.6) is 0 Å². The fourth-order valence-corrected chi connectivity index (χ4v) is 4.92. The molecule has 1 aliphatic carbocycles. The number of hydrogen-bond acceptors (Lipinski definition) is 4. The van der Waals surface area contributed by atoms with Gasteiger partial charge in [0.2, 0.25) is 0 Å². The summed E-state index contributed by atoms with van der Waals surface area (Å²) in [5.74, 6) is 0. The number of fused-ring (bicyclic) bond motifs is 1. The Balaban J connectivity index is 1.73. The fourth-order valence-electron chi connectivity index (χ4n) is 3.75. The Morgan fingerprint density at radius 1 is 1.24 bits per heavy atom. The van der Waals surface area contributed by atoms with E-state index in [1.54, 1.807) is 0 Å². The molecule has 1 aromatic rings. The Morgan fingerprint density at radius 2 is 2.05 bits per heavy atom. The summed E-state index contributed by atoms with van der Waals surface area (Å²) in [5.41, 5.74) is 9.39. The van der Waals surface area contributed by atoms with E-state index in [1.807, 2.05) is 6.07 Å². The topological polar surface area (TPSA) is 63.4 Å². The molecule has 0 amide bonds. The van der Waals surface area contributed by atoms with Crippen molar-refractivity contribution >= 4 is 15.5 Å². The second-order valence-electron chi connectivity index (χ2n) is 6.52. The first-order chi connectivity index (χ1) is 9.93. The number of nitrogens with zero attached hydrogens (tertiary/aromatic N) is 1. The first kappa shape index (κ1) is 14.9. The maximum atomic E-state index is 11.8. The molecule has 116 valence electrons. The van der Waals surface area contributed by atoms with E-state index in [-0.39, 0.29) is 5.25 Å². The van der Waals surface area contributed by atoms with Crippen molar-refractivity contribution in [1.82, 2.24) is 4.90 Å². The molecular formula is C16H24N2O2S. The minimum Gasteiger partial charge on any atom is -0.399 e. The number of nitrogens with two attached hydrogens (primary N) is 1. The Bertz CT molecular complexity index is 627.